The van der Waals surface area contributed by atoms with E-state index in [4.69, 9.17) is 4.74 Å². The Bertz CT molecular complexity index is 769. The Labute approximate surface area is 153 Å². The first-order valence-corrected chi connectivity index (χ1v) is 9.48. The average molecular weight is 357 g/mol. The quantitative estimate of drug-likeness (QED) is 0.849. The smallest absolute Gasteiger partial charge is 0.223 e. The maximum Gasteiger partial charge on any atom is 0.223 e. The van der Waals surface area contributed by atoms with E-state index in [9.17, 15) is 9.90 Å². The van der Waals surface area contributed by atoms with Gasteiger partial charge < -0.3 is 19.7 Å². The third-order valence-corrected chi connectivity index (χ3v) is 5.59. The summed E-state index contributed by atoms with van der Waals surface area (Å²) in [7, 11) is 0. The molecule has 2 fully saturated rings. The van der Waals surface area contributed by atoms with Crippen molar-refractivity contribution in [3.63, 3.8) is 0 Å². The van der Waals surface area contributed by atoms with Gasteiger partial charge in [0.25, 0.3) is 0 Å². The van der Waals surface area contributed by atoms with Crippen molar-refractivity contribution in [3.05, 3.63) is 36.0 Å². The van der Waals surface area contributed by atoms with Crippen LogP contribution in [0.4, 0.5) is 0 Å². The van der Waals surface area contributed by atoms with Gasteiger partial charge in [-0.05, 0) is 24.5 Å². The SMILES string of the molecule is O=C(CCc1c[nH]c2ccccc12)N1CC[C@](O)(CN2CCOCC2)C1. The Hall–Kier alpha value is -1.89. The number of rotatable bonds is 5. The molecular weight excluding hydrogens is 330 g/mol. The molecule has 0 aliphatic carbocycles. The molecule has 0 spiro atoms. The summed E-state index contributed by atoms with van der Waals surface area (Å²) in [6.45, 7) is 4.88. The van der Waals surface area contributed by atoms with Crippen LogP contribution in [0.3, 0.4) is 0 Å². The fourth-order valence-electron chi connectivity index (χ4n) is 4.11. The number of nitrogens with one attached hydrogen (secondary N) is 1. The molecule has 0 bridgehead atoms. The molecule has 2 N–H and O–H groups in total. The molecule has 26 heavy (non-hydrogen) atoms. The molecule has 6 heteroatoms. The minimum atomic E-state index is -0.784. The molecule has 2 saturated heterocycles. The van der Waals surface area contributed by atoms with Crippen molar-refractivity contribution < 1.29 is 14.6 Å². The summed E-state index contributed by atoms with van der Waals surface area (Å²) in [6.07, 6.45) is 3.86. The third kappa shape index (κ3) is 3.77. The largest absolute Gasteiger partial charge is 0.387 e. The lowest BCUT2D eigenvalue weighted by Gasteiger charge is -2.33. The molecule has 1 aromatic heterocycles. The predicted molar refractivity (Wildman–Crippen MR) is 100 cm³/mol. The highest BCUT2D eigenvalue weighted by atomic mass is 16.5. The van der Waals surface area contributed by atoms with Gasteiger partial charge in [-0.15, -0.1) is 0 Å². The van der Waals surface area contributed by atoms with Crippen molar-refractivity contribution in [1.82, 2.24) is 14.8 Å². The molecule has 3 heterocycles. The maximum absolute atomic E-state index is 12.6. The molecule has 140 valence electrons. The monoisotopic (exact) mass is 357 g/mol. The first-order chi connectivity index (χ1) is 12.6. The molecule has 2 aliphatic heterocycles. The van der Waals surface area contributed by atoms with Crippen LogP contribution >= 0.6 is 0 Å². The molecule has 1 amide bonds. The molecule has 4 rings (SSSR count). The molecular formula is C20H27N3O3. The van der Waals surface area contributed by atoms with Crippen LogP contribution in [-0.4, -0.2) is 77.3 Å². The van der Waals surface area contributed by atoms with Crippen molar-refractivity contribution >= 4 is 16.8 Å². The first kappa shape index (κ1) is 17.5. The Balaban J connectivity index is 1.31. The van der Waals surface area contributed by atoms with Crippen molar-refractivity contribution in [3.8, 4) is 0 Å². The number of aryl methyl sites for hydroxylation is 1. The first-order valence-electron chi connectivity index (χ1n) is 9.48. The van der Waals surface area contributed by atoms with E-state index in [-0.39, 0.29) is 5.91 Å². The van der Waals surface area contributed by atoms with Gasteiger partial charge in [-0.1, -0.05) is 18.2 Å². The van der Waals surface area contributed by atoms with Gasteiger partial charge in [-0.25, -0.2) is 0 Å². The fraction of sp³-hybridized carbons (Fsp3) is 0.550. The van der Waals surface area contributed by atoms with Gasteiger partial charge in [-0.2, -0.15) is 0 Å². The van der Waals surface area contributed by atoms with Crippen LogP contribution in [0.2, 0.25) is 0 Å². The number of likely N-dealkylation sites (tertiary alicyclic amines) is 1. The molecule has 0 radical (unpaired) electrons. The summed E-state index contributed by atoms with van der Waals surface area (Å²) in [5.74, 6) is 0.133. The van der Waals surface area contributed by atoms with Gasteiger partial charge in [0.2, 0.25) is 5.91 Å². The summed E-state index contributed by atoms with van der Waals surface area (Å²) in [5, 5.41) is 12.1. The average Bonchev–Trinajstić information content (AvgIpc) is 3.24. The zero-order valence-corrected chi connectivity index (χ0v) is 15.1. The molecule has 1 aromatic carbocycles. The molecule has 0 saturated carbocycles. The highest BCUT2D eigenvalue weighted by molar-refractivity contribution is 5.84. The molecule has 6 nitrogen and oxygen atoms in total. The van der Waals surface area contributed by atoms with Crippen LogP contribution in [0.5, 0.6) is 0 Å². The number of carbonyl (C=O) groups is 1. The number of hydrogen-bond donors (Lipinski definition) is 2. The van der Waals surface area contributed by atoms with Crippen LogP contribution in [0.25, 0.3) is 10.9 Å². The Morgan fingerprint density at radius 2 is 2.04 bits per heavy atom. The number of amides is 1. The zero-order chi connectivity index (χ0) is 18.0. The van der Waals surface area contributed by atoms with E-state index in [1.54, 1.807) is 0 Å². The summed E-state index contributed by atoms with van der Waals surface area (Å²) >= 11 is 0. The van der Waals surface area contributed by atoms with Crippen molar-refractivity contribution in [2.45, 2.75) is 24.9 Å². The minimum absolute atomic E-state index is 0.133. The topological polar surface area (TPSA) is 68.8 Å². The standard InChI is InChI=1S/C20H27N3O3/c24-19(6-5-16-13-21-18-4-2-1-3-17(16)18)23-8-7-20(25,15-23)14-22-9-11-26-12-10-22/h1-4,13,21,25H,5-12,14-15H2/t20-/m0/s1. The number of fused-ring (bicyclic) bond motifs is 1. The Morgan fingerprint density at radius 1 is 1.23 bits per heavy atom. The Kier molecular flexibility index (Phi) is 4.98. The van der Waals surface area contributed by atoms with E-state index in [2.05, 4.69) is 16.0 Å². The van der Waals surface area contributed by atoms with Gasteiger partial charge in [0.1, 0.15) is 0 Å². The predicted octanol–water partition coefficient (Wildman–Crippen LogP) is 1.40. The lowest BCUT2D eigenvalue weighted by atomic mass is 10.0. The number of aromatic nitrogens is 1. The van der Waals surface area contributed by atoms with Gasteiger partial charge in [0.15, 0.2) is 0 Å². The number of carbonyl (C=O) groups excluding carboxylic acids is 1. The molecule has 1 atom stereocenters. The number of para-hydroxylation sites is 1. The molecule has 2 aromatic rings. The van der Waals surface area contributed by atoms with Gasteiger partial charge in [0, 0.05) is 49.7 Å². The van der Waals surface area contributed by atoms with E-state index in [1.165, 1.54) is 10.9 Å². The normalized spacial score (nSPS) is 24.4. The molecule has 2 aliphatic rings. The number of morpholine rings is 1. The molecule has 0 unspecified atom stereocenters. The summed E-state index contributed by atoms with van der Waals surface area (Å²) in [4.78, 5) is 20.0. The lowest BCUT2D eigenvalue weighted by molar-refractivity contribution is -0.131. The second kappa shape index (κ2) is 7.39. The number of hydrogen-bond acceptors (Lipinski definition) is 4. The zero-order valence-electron chi connectivity index (χ0n) is 15.1. The van der Waals surface area contributed by atoms with Crippen molar-refractivity contribution in [1.29, 1.82) is 0 Å². The Morgan fingerprint density at radius 3 is 2.88 bits per heavy atom. The summed E-state index contributed by atoms with van der Waals surface area (Å²) < 4.78 is 5.36. The number of H-pyrrole nitrogens is 1. The number of benzene rings is 1. The van der Waals surface area contributed by atoms with Crippen LogP contribution in [0.15, 0.2) is 30.5 Å². The fourth-order valence-corrected chi connectivity index (χ4v) is 4.11. The maximum atomic E-state index is 12.6. The highest BCUT2D eigenvalue weighted by Gasteiger charge is 2.39. The number of aromatic amines is 1. The van der Waals surface area contributed by atoms with E-state index in [1.807, 2.05) is 29.3 Å². The summed E-state index contributed by atoms with van der Waals surface area (Å²) in [6, 6.07) is 8.16. The van der Waals surface area contributed by atoms with Gasteiger partial charge in [-0.3, -0.25) is 9.69 Å². The van der Waals surface area contributed by atoms with Gasteiger partial charge >= 0.3 is 0 Å². The van der Waals surface area contributed by atoms with Crippen LogP contribution in [-0.2, 0) is 16.0 Å². The van der Waals surface area contributed by atoms with Crippen molar-refractivity contribution in [2.24, 2.45) is 0 Å². The van der Waals surface area contributed by atoms with E-state index < -0.39 is 5.60 Å². The van der Waals surface area contributed by atoms with Crippen LogP contribution in [0, 0.1) is 0 Å². The lowest BCUT2D eigenvalue weighted by Crippen LogP contribution is -2.49. The summed E-state index contributed by atoms with van der Waals surface area (Å²) in [5.41, 5.74) is 1.50. The number of β-amino-alcohol motifs (C(OH)–C–C–N with tert-alkyl or cyclic N) is 1. The highest BCUT2D eigenvalue weighted by Crippen LogP contribution is 2.25. The third-order valence-electron chi connectivity index (χ3n) is 5.59. The van der Waals surface area contributed by atoms with Crippen LogP contribution < -0.4 is 0 Å². The van der Waals surface area contributed by atoms with E-state index in [0.29, 0.717) is 32.5 Å². The number of nitrogens with zero attached hydrogens (tertiary/aromatic N) is 2. The second-order valence-corrected chi connectivity index (χ2v) is 7.54. The minimum Gasteiger partial charge on any atom is -0.387 e. The van der Waals surface area contributed by atoms with E-state index in [0.717, 1.165) is 38.2 Å². The van der Waals surface area contributed by atoms with Crippen molar-refractivity contribution in [2.75, 3.05) is 45.9 Å². The second-order valence-electron chi connectivity index (χ2n) is 7.54. The number of aliphatic hydroxyl groups is 1. The number of ether oxygens (including phenoxy) is 1. The van der Waals surface area contributed by atoms with Crippen LogP contribution in [0.1, 0.15) is 18.4 Å². The van der Waals surface area contributed by atoms with Gasteiger partial charge in [0.05, 0.1) is 25.4 Å². The van der Waals surface area contributed by atoms with E-state index >= 15 is 0 Å².